The van der Waals surface area contributed by atoms with E-state index in [1.807, 2.05) is 73.6 Å². The van der Waals surface area contributed by atoms with Gasteiger partial charge in [0.2, 0.25) is 0 Å². The van der Waals surface area contributed by atoms with E-state index in [1.165, 1.54) is 66.8 Å². The third kappa shape index (κ3) is 11.5. The molecule has 82 heavy (non-hydrogen) atoms. The van der Waals surface area contributed by atoms with Gasteiger partial charge in [0.05, 0.1) is 33.1 Å². The first-order valence-corrected chi connectivity index (χ1v) is 26.1. The van der Waals surface area contributed by atoms with Gasteiger partial charge in [0, 0.05) is 69.5 Å². The van der Waals surface area contributed by atoms with Crippen LogP contribution < -0.4 is 37.2 Å². The van der Waals surface area contributed by atoms with E-state index in [0.717, 1.165) is 65.4 Å². The number of aromatic nitrogens is 6. The van der Waals surface area contributed by atoms with Crippen LogP contribution in [0.2, 0.25) is 0 Å². The van der Waals surface area contributed by atoms with Crippen molar-refractivity contribution in [3.8, 4) is 66.8 Å². The maximum atomic E-state index is 4.67. The zero-order chi connectivity index (χ0) is 52.0. The van der Waals surface area contributed by atoms with Crippen LogP contribution >= 0.6 is 0 Å². The minimum absolute atomic E-state index is 0. The van der Waals surface area contributed by atoms with E-state index in [1.54, 1.807) is 0 Å². The second-order valence-corrected chi connectivity index (χ2v) is 18.9. The van der Waals surface area contributed by atoms with Crippen LogP contribution in [-0.2, 0) is 19.5 Å². The van der Waals surface area contributed by atoms with Gasteiger partial charge in [-0.3, -0.25) is 29.9 Å². The molecule has 0 bridgehead atoms. The molecule has 9 aromatic carbocycles. The zero-order valence-electron chi connectivity index (χ0n) is 43.9. The van der Waals surface area contributed by atoms with Gasteiger partial charge < -0.3 is 37.2 Å². The summed E-state index contributed by atoms with van der Waals surface area (Å²) in [6, 6.07) is 88.0. The Labute approximate surface area is 507 Å². The summed E-state index contributed by atoms with van der Waals surface area (Å²) < 4.78 is 0. The van der Waals surface area contributed by atoms with Crippen molar-refractivity contribution in [3.05, 3.63) is 292 Å². The third-order valence-corrected chi connectivity index (χ3v) is 14.4. The molecule has 0 saturated heterocycles. The van der Waals surface area contributed by atoms with Crippen LogP contribution in [0.1, 0.15) is 0 Å². The van der Waals surface area contributed by atoms with E-state index in [-0.39, 0.29) is 56.7 Å². The summed E-state index contributed by atoms with van der Waals surface area (Å²) in [5, 5.41) is 6.77. The maximum absolute atomic E-state index is 4.67. The van der Waals surface area contributed by atoms with Crippen LogP contribution in [0.15, 0.2) is 292 Å². The Hall–Kier alpha value is -9.07. The first kappa shape index (κ1) is 57.6. The molecular formula is C72H48Cl3N6Rh. The van der Waals surface area contributed by atoms with E-state index in [9.17, 15) is 0 Å². The monoisotopic (exact) mass is 1200 g/mol. The van der Waals surface area contributed by atoms with Crippen LogP contribution in [0, 0.1) is 0 Å². The zero-order valence-corrected chi connectivity index (χ0v) is 47.8. The topological polar surface area (TPSA) is 77.3 Å². The van der Waals surface area contributed by atoms with Gasteiger partial charge in [-0.2, -0.15) is 0 Å². The van der Waals surface area contributed by atoms with Gasteiger partial charge in [0.25, 0.3) is 0 Å². The Morgan fingerprint density at radius 2 is 0.293 bits per heavy atom. The predicted octanol–water partition coefficient (Wildman–Crippen LogP) is 9.36. The normalized spacial score (nSPS) is 10.5. The smallest absolute Gasteiger partial charge is 1.00 e. The summed E-state index contributed by atoms with van der Waals surface area (Å²) in [5.41, 5.74) is 19.9. The first-order valence-electron chi connectivity index (χ1n) is 26.1. The number of halogens is 3. The molecule has 15 rings (SSSR count). The van der Waals surface area contributed by atoms with E-state index < -0.39 is 0 Å². The largest absolute Gasteiger partial charge is 3.00 e. The molecule has 0 N–H and O–H groups in total. The predicted molar refractivity (Wildman–Crippen MR) is 324 cm³/mol. The maximum Gasteiger partial charge on any atom is 3.00 e. The molecule has 0 aliphatic heterocycles. The van der Waals surface area contributed by atoms with Crippen molar-refractivity contribution in [3.63, 3.8) is 0 Å². The molecule has 6 nitrogen and oxygen atoms in total. The molecule has 0 unspecified atom stereocenters. The molecule has 0 amide bonds. The van der Waals surface area contributed by atoms with Crippen LogP contribution in [0.4, 0.5) is 0 Å². The fourth-order valence-corrected chi connectivity index (χ4v) is 10.7. The Balaban J connectivity index is 0.000000145. The summed E-state index contributed by atoms with van der Waals surface area (Å²) in [5.74, 6) is 0. The Kier molecular flexibility index (Phi) is 18.6. The number of benzene rings is 9. The van der Waals surface area contributed by atoms with Crippen molar-refractivity contribution in [1.82, 2.24) is 29.9 Å². The van der Waals surface area contributed by atoms with Crippen molar-refractivity contribution in [2.75, 3.05) is 0 Å². The molecule has 0 fully saturated rings. The fraction of sp³-hybridized carbons (Fsp3) is 0. The summed E-state index contributed by atoms with van der Waals surface area (Å²) in [7, 11) is 0. The number of fused-ring (bicyclic) bond motifs is 9. The van der Waals surface area contributed by atoms with Crippen molar-refractivity contribution in [1.29, 1.82) is 0 Å². The van der Waals surface area contributed by atoms with E-state index in [4.69, 9.17) is 0 Å². The molecule has 0 aliphatic carbocycles. The Morgan fingerprint density at radius 3 is 0.427 bits per heavy atom. The molecule has 6 aromatic heterocycles. The molecule has 0 radical (unpaired) electrons. The SMILES string of the molecule is [Cl-].[Cl-].[Cl-].[Rh+3].c1ccc(-c2ccnc3c2ccc2c(-c4ccccc4)ccnc23)cc1.c1ccc(-c2ccnc3c2ccc2c(-c4ccccc4)ccnc23)cc1.c1ccc(-c2ccnc3c2ccc2c(-c4ccccc4)ccnc23)cc1. The molecular weight excluding hydrogens is 1160 g/mol. The second-order valence-electron chi connectivity index (χ2n) is 18.9. The number of hydrogen-bond acceptors (Lipinski definition) is 6. The van der Waals surface area contributed by atoms with Crippen LogP contribution in [0.5, 0.6) is 0 Å². The van der Waals surface area contributed by atoms with Gasteiger partial charge in [0.15, 0.2) is 0 Å². The summed E-state index contributed by atoms with van der Waals surface area (Å²) >= 11 is 0. The number of nitrogens with zero attached hydrogens (tertiary/aromatic N) is 6. The van der Waals surface area contributed by atoms with Crippen molar-refractivity contribution in [2.45, 2.75) is 0 Å². The first-order chi connectivity index (χ1) is 38.7. The molecule has 10 heteroatoms. The molecule has 15 aromatic rings. The van der Waals surface area contributed by atoms with Crippen molar-refractivity contribution >= 4 is 65.4 Å². The van der Waals surface area contributed by atoms with Gasteiger partial charge in [-0.05, 0) is 103 Å². The van der Waals surface area contributed by atoms with E-state index in [2.05, 4.69) is 248 Å². The average Bonchev–Trinajstić information content (AvgIpc) is 3.65. The fourth-order valence-electron chi connectivity index (χ4n) is 10.7. The number of rotatable bonds is 6. The minimum Gasteiger partial charge on any atom is -1.00 e. The molecule has 6 heterocycles. The summed E-state index contributed by atoms with van der Waals surface area (Å²) in [4.78, 5) is 28.0. The number of hydrogen-bond donors (Lipinski definition) is 0. The quantitative estimate of drug-likeness (QED) is 0.122. The van der Waals surface area contributed by atoms with Crippen LogP contribution in [0.3, 0.4) is 0 Å². The van der Waals surface area contributed by atoms with E-state index in [0.29, 0.717) is 0 Å². The molecule has 396 valence electrons. The Bertz CT molecular complexity index is 3840. The Morgan fingerprint density at radius 1 is 0.159 bits per heavy atom. The van der Waals surface area contributed by atoms with Gasteiger partial charge in [-0.1, -0.05) is 218 Å². The van der Waals surface area contributed by atoms with Crippen molar-refractivity contribution in [2.24, 2.45) is 0 Å². The average molecular weight is 1210 g/mol. The van der Waals surface area contributed by atoms with Gasteiger partial charge in [0.1, 0.15) is 0 Å². The van der Waals surface area contributed by atoms with E-state index >= 15 is 0 Å². The van der Waals surface area contributed by atoms with Crippen LogP contribution in [0.25, 0.3) is 132 Å². The standard InChI is InChI=1S/3C24H16N2.3ClH.Rh/c3*1-3-7-17(8-4-1)19-13-15-25-23-21(19)11-12-22-20(14-16-26-24(22)23)18-9-5-2-6-10-18;;;;/h3*1-16H;3*1H;/q;;;;;;+3/p-3. The van der Waals surface area contributed by atoms with Gasteiger partial charge >= 0.3 is 19.5 Å². The second kappa shape index (κ2) is 26.5. The molecule has 0 saturated carbocycles. The van der Waals surface area contributed by atoms with Crippen LogP contribution in [-0.4, -0.2) is 29.9 Å². The van der Waals surface area contributed by atoms with Gasteiger partial charge in [-0.25, -0.2) is 0 Å². The number of pyridine rings is 6. The third-order valence-electron chi connectivity index (χ3n) is 14.4. The van der Waals surface area contributed by atoms with Gasteiger partial charge in [-0.15, -0.1) is 0 Å². The summed E-state index contributed by atoms with van der Waals surface area (Å²) in [6.45, 7) is 0. The molecule has 0 atom stereocenters. The summed E-state index contributed by atoms with van der Waals surface area (Å²) in [6.07, 6.45) is 11.3. The molecule has 0 spiro atoms. The minimum atomic E-state index is 0. The van der Waals surface area contributed by atoms with Crippen molar-refractivity contribution < 1.29 is 56.7 Å². The molecule has 0 aliphatic rings.